The fraction of sp³-hybridized carbons (Fsp3) is 0.111. The van der Waals surface area contributed by atoms with Crippen molar-refractivity contribution in [2.24, 2.45) is 0 Å². The molecule has 0 fully saturated rings. The molecule has 65 heavy (non-hydrogen) atoms. The molecule has 0 aromatic heterocycles. The molecule has 0 saturated carbocycles. The number of nitrogens with zero attached hydrogens (tertiary/aromatic N) is 2. The van der Waals surface area contributed by atoms with Gasteiger partial charge in [-0.3, -0.25) is 0 Å². The molecule has 0 amide bonds. The normalized spacial score (nSPS) is 11.4. The fourth-order valence-corrected chi connectivity index (χ4v) is 7.27. The molecule has 7 aromatic rings. The summed E-state index contributed by atoms with van der Waals surface area (Å²) in [5, 5.41) is 0. The summed E-state index contributed by atoms with van der Waals surface area (Å²) in [6, 6.07) is 64.7. The number of hydrogen-bond donors (Lipinski definition) is 0. The second-order valence-corrected chi connectivity index (χ2v) is 14.9. The highest BCUT2D eigenvalue weighted by molar-refractivity contribution is 5.81. The van der Waals surface area contributed by atoms with Crippen molar-refractivity contribution in [1.29, 1.82) is 0 Å². The molecule has 0 heterocycles. The molecule has 0 aliphatic rings. The van der Waals surface area contributed by atoms with Gasteiger partial charge in [-0.15, -0.1) is 0 Å². The average Bonchev–Trinajstić information content (AvgIpc) is 3.38. The Balaban J connectivity index is 0.000000241. The molecule has 0 saturated heterocycles. The van der Waals surface area contributed by atoms with Gasteiger partial charge in [0, 0.05) is 35.5 Å². The third-order valence-electron chi connectivity index (χ3n) is 10.8. The molecule has 0 bridgehead atoms. The van der Waals surface area contributed by atoms with E-state index in [9.17, 15) is 0 Å². The van der Waals surface area contributed by atoms with Gasteiger partial charge in [0.25, 0.3) is 0 Å². The third-order valence-corrected chi connectivity index (χ3v) is 10.8. The minimum Gasteiger partial charge on any atom is -0.345 e. The maximum atomic E-state index is 3.92. The van der Waals surface area contributed by atoms with E-state index in [2.05, 4.69) is 249 Å². The van der Waals surface area contributed by atoms with Crippen LogP contribution in [0.4, 0.5) is 28.4 Å². The van der Waals surface area contributed by atoms with E-state index in [0.717, 1.165) is 46.0 Å². The van der Waals surface area contributed by atoms with Gasteiger partial charge in [-0.05, 0) is 138 Å². The highest BCUT2D eigenvalue weighted by Gasteiger charge is 2.14. The molecule has 7 aromatic carbocycles. The van der Waals surface area contributed by atoms with E-state index in [1.165, 1.54) is 39.0 Å². The van der Waals surface area contributed by atoms with Crippen LogP contribution in [0.25, 0.3) is 33.4 Å². The first-order valence-corrected chi connectivity index (χ1v) is 22.6. The van der Waals surface area contributed by atoms with Crippen molar-refractivity contribution in [2.75, 3.05) is 16.8 Å². The molecule has 0 atom stereocenters. The Kier molecular flexibility index (Phi) is 19.4. The lowest BCUT2D eigenvalue weighted by molar-refractivity contribution is 1.21. The van der Waals surface area contributed by atoms with Gasteiger partial charge in [-0.2, -0.15) is 0 Å². The number of anilines is 5. The highest BCUT2D eigenvalue weighted by Crippen LogP contribution is 2.37. The van der Waals surface area contributed by atoms with Crippen LogP contribution in [-0.4, -0.2) is 7.05 Å². The predicted octanol–water partition coefficient (Wildman–Crippen LogP) is 18.4. The zero-order valence-electron chi connectivity index (χ0n) is 39.1. The number of rotatable bonds is 15. The molecular formula is C63H64N2. The van der Waals surface area contributed by atoms with Gasteiger partial charge in [0.2, 0.25) is 0 Å². The lowest BCUT2D eigenvalue weighted by Crippen LogP contribution is -2.10. The minimum atomic E-state index is 0.953. The van der Waals surface area contributed by atoms with Gasteiger partial charge in [0.15, 0.2) is 0 Å². The zero-order valence-corrected chi connectivity index (χ0v) is 39.1. The van der Waals surface area contributed by atoms with Crippen molar-refractivity contribution < 1.29 is 0 Å². The summed E-state index contributed by atoms with van der Waals surface area (Å²) >= 11 is 0. The van der Waals surface area contributed by atoms with Crippen molar-refractivity contribution in [3.63, 3.8) is 0 Å². The molecule has 326 valence electrons. The predicted molar refractivity (Wildman–Crippen MR) is 289 cm³/mol. The van der Waals surface area contributed by atoms with E-state index >= 15 is 0 Å². The summed E-state index contributed by atoms with van der Waals surface area (Å²) in [5.74, 6) is 0. The Labute approximate surface area is 390 Å². The Morgan fingerprint density at radius 3 is 1.28 bits per heavy atom. The summed E-state index contributed by atoms with van der Waals surface area (Å²) in [6.45, 7) is 17.8. The highest BCUT2D eigenvalue weighted by atomic mass is 15.1. The molecule has 7 rings (SSSR count). The first-order chi connectivity index (χ1) is 32.0. The Morgan fingerprint density at radius 2 is 0.877 bits per heavy atom. The molecule has 0 unspecified atom stereocenters. The van der Waals surface area contributed by atoms with Crippen LogP contribution in [0, 0.1) is 0 Å². The second-order valence-electron chi connectivity index (χ2n) is 14.9. The van der Waals surface area contributed by atoms with Crippen molar-refractivity contribution >= 4 is 39.6 Å². The van der Waals surface area contributed by atoms with E-state index in [1.54, 1.807) is 6.08 Å². The summed E-state index contributed by atoms with van der Waals surface area (Å²) in [5.41, 5.74) is 16.6. The lowest BCUT2D eigenvalue weighted by Gasteiger charge is -2.26. The molecule has 0 radical (unpaired) electrons. The number of benzene rings is 7. The minimum absolute atomic E-state index is 0.953. The second kappa shape index (κ2) is 26.1. The summed E-state index contributed by atoms with van der Waals surface area (Å²) in [6.07, 6.45) is 21.2. The van der Waals surface area contributed by atoms with Gasteiger partial charge in [-0.1, -0.05) is 209 Å². The molecule has 2 heteroatoms. The van der Waals surface area contributed by atoms with Gasteiger partial charge in [-0.25, -0.2) is 0 Å². The lowest BCUT2D eigenvalue weighted by atomic mass is 10.0. The monoisotopic (exact) mass is 849 g/mol. The van der Waals surface area contributed by atoms with Crippen LogP contribution >= 0.6 is 0 Å². The van der Waals surface area contributed by atoms with E-state index in [4.69, 9.17) is 0 Å². The maximum Gasteiger partial charge on any atom is 0.0462 e. The standard InChI is InChI=1S/C34H29N.C27H29N.C2H6/c1-2-3-10-27-15-21-32(22-16-27)35(33-23-17-30(18-24-33)28-11-6-4-7-12-28)34-25-19-31(20-26-34)29-13-8-5-9-14-29;1-6-10-12-22(8-3)24-14-18-26(19-15-24)28(5)27-20-16-25(17-21-27)23(9-4)13-11-7-2;1-2/h2-9,11-26H,10H2,1H3;6-21H,1,4H2,2-3,5H3;1-2H3/b3-2-;11-7-,12-10-,22-8+,23-13+;. The summed E-state index contributed by atoms with van der Waals surface area (Å²) in [7, 11) is 2.09. The number of allylic oxidation sites excluding steroid dienone is 12. The van der Waals surface area contributed by atoms with Crippen LogP contribution in [0.3, 0.4) is 0 Å². The average molecular weight is 849 g/mol. The molecule has 0 N–H and O–H groups in total. The van der Waals surface area contributed by atoms with Crippen LogP contribution in [0.1, 0.15) is 51.3 Å². The quantitative estimate of drug-likeness (QED) is 0.0749. The van der Waals surface area contributed by atoms with Crippen LogP contribution in [0.15, 0.2) is 256 Å². The third kappa shape index (κ3) is 13.7. The van der Waals surface area contributed by atoms with Crippen LogP contribution in [0.5, 0.6) is 0 Å². The van der Waals surface area contributed by atoms with Gasteiger partial charge < -0.3 is 9.80 Å². The first kappa shape index (κ1) is 48.4. The van der Waals surface area contributed by atoms with Gasteiger partial charge in [0.1, 0.15) is 0 Å². The Bertz CT molecular complexity index is 2560. The van der Waals surface area contributed by atoms with E-state index < -0.39 is 0 Å². The Morgan fingerprint density at radius 1 is 0.462 bits per heavy atom. The topological polar surface area (TPSA) is 6.48 Å². The van der Waals surface area contributed by atoms with Gasteiger partial charge in [0.05, 0.1) is 0 Å². The van der Waals surface area contributed by atoms with Crippen LogP contribution in [-0.2, 0) is 6.42 Å². The molecule has 0 spiro atoms. The molecule has 0 aliphatic heterocycles. The summed E-state index contributed by atoms with van der Waals surface area (Å²) in [4.78, 5) is 4.51. The molecular weight excluding hydrogens is 785 g/mol. The fourth-order valence-electron chi connectivity index (χ4n) is 7.27. The SMILES string of the molecule is C/C=C\Cc1ccc(N(c2ccc(-c3ccccc3)cc2)c2ccc(-c3ccccc3)cc2)cc1.C=C/C=C\C(=C/C)c1ccc(N(C)c2ccc(/C(C=C)=C/C=C\C)cc2)cc1.CC. The van der Waals surface area contributed by atoms with E-state index in [1.807, 2.05) is 52.0 Å². The Hall–Kier alpha value is -7.68. The summed E-state index contributed by atoms with van der Waals surface area (Å²) < 4.78 is 0. The molecule has 2 nitrogen and oxygen atoms in total. The van der Waals surface area contributed by atoms with Crippen molar-refractivity contribution in [1.82, 2.24) is 0 Å². The zero-order chi connectivity index (χ0) is 46.2. The largest absolute Gasteiger partial charge is 0.345 e. The van der Waals surface area contributed by atoms with Gasteiger partial charge >= 0.3 is 0 Å². The smallest absolute Gasteiger partial charge is 0.0462 e. The maximum absolute atomic E-state index is 3.92. The van der Waals surface area contributed by atoms with Crippen molar-refractivity contribution in [3.05, 3.63) is 273 Å². The first-order valence-electron chi connectivity index (χ1n) is 22.6. The number of hydrogen-bond acceptors (Lipinski definition) is 2. The van der Waals surface area contributed by atoms with Crippen LogP contribution < -0.4 is 9.80 Å². The van der Waals surface area contributed by atoms with Crippen molar-refractivity contribution in [3.8, 4) is 22.3 Å². The molecule has 0 aliphatic carbocycles. The van der Waals surface area contributed by atoms with Crippen molar-refractivity contribution in [2.45, 2.75) is 41.0 Å². The van der Waals surface area contributed by atoms with E-state index in [0.29, 0.717) is 0 Å². The van der Waals surface area contributed by atoms with Crippen LogP contribution in [0.2, 0.25) is 0 Å². The van der Waals surface area contributed by atoms with E-state index in [-0.39, 0.29) is 0 Å².